The average molecular weight is 500 g/mol. The van der Waals surface area contributed by atoms with Crippen LogP contribution in [0.4, 0.5) is 4.79 Å². The van der Waals surface area contributed by atoms with E-state index in [0.29, 0.717) is 11.4 Å². The molecule has 3 amide bonds. The molecule has 1 fully saturated rings. The minimum Gasteiger partial charge on any atom is -0.391 e. The van der Waals surface area contributed by atoms with E-state index in [9.17, 15) is 19.5 Å². The molecule has 1 aromatic carbocycles. The van der Waals surface area contributed by atoms with E-state index < -0.39 is 34.9 Å². The van der Waals surface area contributed by atoms with E-state index in [4.69, 9.17) is 7.74 Å². The molecule has 3 N–H and O–H groups in total. The molecule has 32 heavy (non-hydrogen) atoms. The molecule has 0 spiro atoms. The van der Waals surface area contributed by atoms with Crippen LogP contribution in [-0.4, -0.2) is 73.1 Å². The molecular formula is C21H26B2BrN4O4. The minimum atomic E-state index is -1.15. The van der Waals surface area contributed by atoms with Crippen LogP contribution in [0, 0.1) is 5.41 Å². The molecule has 2 aliphatic rings. The van der Waals surface area contributed by atoms with E-state index >= 15 is 0 Å². The molecule has 11 heteroatoms. The number of hydrogen-bond donors (Lipinski definition) is 3. The maximum Gasteiger partial charge on any atom is 0.257 e. The van der Waals surface area contributed by atoms with E-state index in [0.717, 1.165) is 11.6 Å². The topological polar surface area (TPSA) is 111 Å². The molecule has 0 saturated carbocycles. The smallest absolute Gasteiger partial charge is 0.257 e. The van der Waals surface area contributed by atoms with Gasteiger partial charge in [0.2, 0.25) is 5.91 Å². The molecule has 0 aromatic heterocycles. The molecule has 4 atom stereocenters. The quantitative estimate of drug-likeness (QED) is 0.526. The third kappa shape index (κ3) is 4.78. The Labute approximate surface area is 198 Å². The number of carbonyl (C=O) groups excluding carboxylic acids is 3. The summed E-state index contributed by atoms with van der Waals surface area (Å²) in [7, 11) is 6.17. The molecule has 167 valence electrons. The van der Waals surface area contributed by atoms with Crippen molar-refractivity contribution in [2.75, 3.05) is 6.54 Å². The second-order valence-corrected chi connectivity index (χ2v) is 10.3. The normalized spacial score (nSPS) is 26.4. The molecule has 3 radical (unpaired) electrons. The van der Waals surface area contributed by atoms with Crippen molar-refractivity contribution < 1.29 is 19.5 Å². The third-order valence-corrected chi connectivity index (χ3v) is 6.39. The lowest BCUT2D eigenvalue weighted by Gasteiger charge is -2.35. The molecule has 3 rings (SSSR count). The fourth-order valence-electron chi connectivity index (χ4n) is 4.01. The predicted octanol–water partition coefficient (Wildman–Crippen LogP) is 1.07. The number of halogens is 1. The van der Waals surface area contributed by atoms with Gasteiger partial charge >= 0.3 is 0 Å². The first kappa shape index (κ1) is 24.5. The highest BCUT2D eigenvalue weighted by molar-refractivity contribution is 9.10. The first-order chi connectivity index (χ1) is 14.9. The minimum absolute atomic E-state index is 0.0716. The lowest BCUT2D eigenvalue weighted by atomic mass is 9.55. The summed E-state index contributed by atoms with van der Waals surface area (Å²) in [6, 6.07) is 5.80. The highest BCUT2D eigenvalue weighted by Crippen LogP contribution is 2.33. The van der Waals surface area contributed by atoms with Crippen molar-refractivity contribution in [3.63, 3.8) is 0 Å². The van der Waals surface area contributed by atoms with E-state index in [-0.39, 0.29) is 24.8 Å². The van der Waals surface area contributed by atoms with Crippen molar-refractivity contribution in [2.45, 2.75) is 57.8 Å². The van der Waals surface area contributed by atoms with E-state index in [1.807, 2.05) is 45.0 Å². The van der Waals surface area contributed by atoms with Gasteiger partial charge in [0, 0.05) is 25.2 Å². The van der Waals surface area contributed by atoms with Crippen molar-refractivity contribution in [1.29, 1.82) is 0 Å². The van der Waals surface area contributed by atoms with Crippen LogP contribution in [0.25, 0.3) is 0 Å². The molecule has 0 bridgehead atoms. The lowest BCUT2D eigenvalue weighted by molar-refractivity contribution is -0.136. The van der Waals surface area contributed by atoms with Crippen molar-refractivity contribution in [1.82, 2.24) is 15.5 Å². The Morgan fingerprint density at radius 1 is 1.38 bits per heavy atom. The zero-order valence-electron chi connectivity index (χ0n) is 18.6. The number of aliphatic hydroxyl groups is 1. The van der Waals surface area contributed by atoms with Gasteiger partial charge in [-0.3, -0.25) is 14.4 Å². The summed E-state index contributed by atoms with van der Waals surface area (Å²) in [5, 5.41) is 15.8. The number of carbonyl (C=O) groups is 3. The van der Waals surface area contributed by atoms with E-state index in [2.05, 4.69) is 31.6 Å². The van der Waals surface area contributed by atoms with E-state index in [1.54, 1.807) is 6.92 Å². The summed E-state index contributed by atoms with van der Waals surface area (Å²) in [4.78, 5) is 44.4. The van der Waals surface area contributed by atoms with Gasteiger partial charge in [-0.1, -0.05) is 48.8 Å². The van der Waals surface area contributed by atoms with Gasteiger partial charge in [-0.25, -0.2) is 4.99 Å². The van der Waals surface area contributed by atoms with Gasteiger partial charge in [0.1, 0.15) is 11.9 Å². The van der Waals surface area contributed by atoms with Crippen LogP contribution < -0.4 is 10.6 Å². The SMILES string of the molecule is [B][B]C(=O)NC(C(=O)N1C[C@H](O)CC1C1=NC(C)(c2ccc(Br)cc2)C(=O)N1)C(C)(C)C. The number of β-amino-alcohol motifs (C(OH)–C–C–N with tert-alkyl or cyclic N) is 1. The molecule has 8 nitrogen and oxygen atoms in total. The number of amides is 3. The molecular weight excluding hydrogens is 474 g/mol. The molecule has 1 saturated heterocycles. The number of benzene rings is 1. The fourth-order valence-corrected chi connectivity index (χ4v) is 4.27. The van der Waals surface area contributed by atoms with Crippen molar-refractivity contribution in [3.05, 3.63) is 34.3 Å². The Bertz CT molecular complexity index is 950. The highest BCUT2D eigenvalue weighted by Gasteiger charge is 2.48. The van der Waals surface area contributed by atoms with Crippen LogP contribution in [0.15, 0.2) is 33.7 Å². The van der Waals surface area contributed by atoms with Gasteiger partial charge in [0.25, 0.3) is 5.91 Å². The lowest BCUT2D eigenvalue weighted by Crippen LogP contribution is -2.58. The number of likely N-dealkylation sites (tertiary alicyclic amines) is 1. The molecule has 3 unspecified atom stereocenters. The summed E-state index contributed by atoms with van der Waals surface area (Å²) >= 11 is 3.39. The zero-order chi connectivity index (χ0) is 23.8. The summed E-state index contributed by atoms with van der Waals surface area (Å²) < 4.78 is 0.883. The maximum atomic E-state index is 13.5. The summed E-state index contributed by atoms with van der Waals surface area (Å²) in [6.45, 7) is 7.27. The van der Waals surface area contributed by atoms with Gasteiger partial charge in [-0.2, -0.15) is 0 Å². The van der Waals surface area contributed by atoms with Crippen molar-refractivity contribution in [2.24, 2.45) is 10.4 Å². The zero-order valence-corrected chi connectivity index (χ0v) is 20.1. The summed E-state index contributed by atoms with van der Waals surface area (Å²) in [6.07, 6.45) is -0.546. The maximum absolute atomic E-state index is 13.5. The Hall–Kier alpha value is -2.13. The van der Waals surface area contributed by atoms with Gasteiger partial charge < -0.3 is 20.6 Å². The second-order valence-electron chi connectivity index (χ2n) is 9.40. The van der Waals surface area contributed by atoms with Crippen LogP contribution in [0.1, 0.15) is 39.7 Å². The number of aliphatic hydroxyl groups excluding tert-OH is 1. The Morgan fingerprint density at radius 2 is 2.00 bits per heavy atom. The van der Waals surface area contributed by atoms with Gasteiger partial charge in [-0.05, 0) is 30.0 Å². The number of rotatable bonds is 5. The number of hydrogen-bond acceptors (Lipinski definition) is 5. The number of amidine groups is 1. The molecule has 2 heterocycles. The second kappa shape index (κ2) is 9.02. The number of aliphatic imine (C=N–C) groups is 1. The first-order valence-corrected chi connectivity index (χ1v) is 11.2. The number of nitrogens with zero attached hydrogens (tertiary/aromatic N) is 2. The van der Waals surface area contributed by atoms with Crippen molar-refractivity contribution >= 4 is 54.3 Å². The van der Waals surface area contributed by atoms with Gasteiger partial charge in [0.05, 0.1) is 12.1 Å². The predicted molar refractivity (Wildman–Crippen MR) is 126 cm³/mol. The van der Waals surface area contributed by atoms with Gasteiger partial charge in [-0.15, -0.1) is 0 Å². The fraction of sp³-hybridized carbons (Fsp3) is 0.524. The Balaban J connectivity index is 1.92. The van der Waals surface area contributed by atoms with Crippen LogP contribution >= 0.6 is 15.9 Å². The standard InChI is InChI=1S/C21H26B2BrN4O4/c1-20(2,3)15(25-19(32)23-22)17(30)28-10-13(29)9-14(28)16-26-18(31)21(4,27-16)11-5-7-12(24)8-6-11/h5-8,13-15,29H,9-10H2,1-4H3,(H,25,32)(H,26,27,31)/t13-,14?,15?,21?/m1/s1. The van der Waals surface area contributed by atoms with Crippen LogP contribution in [0.5, 0.6) is 0 Å². The summed E-state index contributed by atoms with van der Waals surface area (Å²) in [5.74, 6) is -0.913. The monoisotopic (exact) mass is 499 g/mol. The van der Waals surface area contributed by atoms with Crippen LogP contribution in [0.3, 0.4) is 0 Å². The van der Waals surface area contributed by atoms with Crippen LogP contribution in [0.2, 0.25) is 0 Å². The largest absolute Gasteiger partial charge is 0.391 e. The highest BCUT2D eigenvalue weighted by atomic mass is 79.9. The molecule has 0 aliphatic carbocycles. The van der Waals surface area contributed by atoms with Gasteiger partial charge in [0.15, 0.2) is 18.5 Å². The first-order valence-electron chi connectivity index (χ1n) is 10.4. The third-order valence-electron chi connectivity index (χ3n) is 5.86. The average Bonchev–Trinajstić information content (AvgIpc) is 3.25. The summed E-state index contributed by atoms with van der Waals surface area (Å²) in [5.41, 5.74) is -1.05. The Morgan fingerprint density at radius 3 is 2.56 bits per heavy atom. The Kier molecular flexibility index (Phi) is 6.91. The van der Waals surface area contributed by atoms with E-state index in [1.165, 1.54) is 4.90 Å². The number of nitrogens with one attached hydrogen (secondary N) is 2. The molecule has 1 aromatic rings. The van der Waals surface area contributed by atoms with Crippen LogP contribution in [-0.2, 0) is 15.1 Å². The van der Waals surface area contributed by atoms with Crippen molar-refractivity contribution in [3.8, 4) is 0 Å². The molecule has 2 aliphatic heterocycles.